The number of nitrogens with zero attached hydrogens (tertiary/aromatic N) is 3. The lowest BCUT2D eigenvalue weighted by Crippen LogP contribution is -2.47. The number of carbonyl (C=O) groups is 1. The monoisotopic (exact) mass is 430 g/mol. The minimum atomic E-state index is -0.142. The molecule has 30 heavy (non-hydrogen) atoms. The van der Waals surface area contributed by atoms with Crippen LogP contribution in [0.25, 0.3) is 10.1 Å². The molecular formula is C23H34N4O2S. The summed E-state index contributed by atoms with van der Waals surface area (Å²) in [5.41, 5.74) is 1.40. The Morgan fingerprint density at radius 1 is 1.17 bits per heavy atom. The number of benzene rings is 1. The lowest BCUT2D eigenvalue weighted by atomic mass is 9.84. The fraction of sp³-hybridized carbons (Fsp3) is 0.609. The molecule has 6 nitrogen and oxygen atoms in total. The highest BCUT2D eigenvalue weighted by atomic mass is 32.1. The van der Waals surface area contributed by atoms with Crippen LogP contribution in [0.5, 0.6) is 0 Å². The molecule has 2 aromatic rings. The standard InChI is InChI=1S/C23H34N4O2S/c1-25(29-2)23(28)24-19-8-6-18(7-9-19)10-12-26-13-15-27(16-14-26)21-4-3-5-22-20(21)11-17-30-22/h3-5,11,17-19H,6-10,12-16H2,1-2H3,(H,24,28)/t18-,19-. The van der Waals surface area contributed by atoms with E-state index >= 15 is 0 Å². The van der Waals surface area contributed by atoms with E-state index in [0.29, 0.717) is 0 Å². The minimum Gasteiger partial charge on any atom is -0.368 e. The van der Waals surface area contributed by atoms with Gasteiger partial charge in [0.1, 0.15) is 0 Å². The van der Waals surface area contributed by atoms with Crippen molar-refractivity contribution < 1.29 is 9.63 Å². The van der Waals surface area contributed by atoms with Crippen molar-refractivity contribution in [2.24, 2.45) is 5.92 Å². The van der Waals surface area contributed by atoms with Crippen LogP contribution in [0.1, 0.15) is 32.1 Å². The molecule has 2 amide bonds. The maximum absolute atomic E-state index is 11.9. The molecule has 4 rings (SSSR count). The molecule has 1 aliphatic heterocycles. The van der Waals surface area contributed by atoms with Gasteiger partial charge in [0.15, 0.2) is 0 Å². The van der Waals surface area contributed by atoms with Gasteiger partial charge in [-0.2, -0.15) is 0 Å². The van der Waals surface area contributed by atoms with E-state index in [4.69, 9.17) is 4.84 Å². The fourth-order valence-corrected chi connectivity index (χ4v) is 5.58. The van der Waals surface area contributed by atoms with Crippen molar-refractivity contribution in [3.05, 3.63) is 29.6 Å². The van der Waals surface area contributed by atoms with Gasteiger partial charge in [0.25, 0.3) is 0 Å². The van der Waals surface area contributed by atoms with Crippen LogP contribution in [0.4, 0.5) is 10.5 Å². The first kappa shape index (κ1) is 21.4. The minimum absolute atomic E-state index is 0.142. The lowest BCUT2D eigenvalue weighted by molar-refractivity contribution is -0.0659. The molecule has 2 heterocycles. The zero-order chi connectivity index (χ0) is 20.9. The van der Waals surface area contributed by atoms with Gasteiger partial charge >= 0.3 is 6.03 Å². The predicted octanol–water partition coefficient (Wildman–Crippen LogP) is 4.18. The van der Waals surface area contributed by atoms with Crippen LogP contribution in [-0.2, 0) is 4.84 Å². The summed E-state index contributed by atoms with van der Waals surface area (Å²) in [6.07, 6.45) is 5.85. The first-order chi connectivity index (χ1) is 14.6. The summed E-state index contributed by atoms with van der Waals surface area (Å²) in [4.78, 5) is 22.1. The Morgan fingerprint density at radius 2 is 1.93 bits per heavy atom. The molecule has 1 saturated carbocycles. The van der Waals surface area contributed by atoms with Crippen LogP contribution in [-0.4, -0.2) is 68.9 Å². The Morgan fingerprint density at radius 3 is 2.67 bits per heavy atom. The van der Waals surface area contributed by atoms with Gasteiger partial charge in [-0.15, -0.1) is 11.3 Å². The molecule has 2 fully saturated rings. The van der Waals surface area contributed by atoms with Gasteiger partial charge < -0.3 is 10.2 Å². The Hall–Kier alpha value is -1.83. The normalized spacial score (nSPS) is 22.9. The zero-order valence-corrected chi connectivity index (χ0v) is 19.0. The van der Waals surface area contributed by atoms with Crippen LogP contribution in [0.3, 0.4) is 0 Å². The van der Waals surface area contributed by atoms with E-state index in [9.17, 15) is 4.79 Å². The number of piperazine rings is 1. The third-order valence-electron chi connectivity index (χ3n) is 6.77. The van der Waals surface area contributed by atoms with E-state index in [1.54, 1.807) is 7.05 Å². The molecule has 0 spiro atoms. The highest BCUT2D eigenvalue weighted by molar-refractivity contribution is 7.17. The first-order valence-corrected chi connectivity index (χ1v) is 12.0. The van der Waals surface area contributed by atoms with E-state index in [1.165, 1.54) is 53.8 Å². The van der Waals surface area contributed by atoms with Crippen molar-refractivity contribution in [3.63, 3.8) is 0 Å². The molecule has 1 aromatic carbocycles. The lowest BCUT2D eigenvalue weighted by Gasteiger charge is -2.37. The van der Waals surface area contributed by atoms with Crippen LogP contribution in [0, 0.1) is 5.92 Å². The predicted molar refractivity (Wildman–Crippen MR) is 124 cm³/mol. The van der Waals surface area contributed by atoms with E-state index in [0.717, 1.165) is 44.9 Å². The maximum Gasteiger partial charge on any atom is 0.341 e. The van der Waals surface area contributed by atoms with Crippen molar-refractivity contribution in [3.8, 4) is 0 Å². The molecule has 0 unspecified atom stereocenters. The summed E-state index contributed by atoms with van der Waals surface area (Å²) >= 11 is 1.83. The average Bonchev–Trinajstić information content (AvgIpc) is 3.27. The molecule has 1 aromatic heterocycles. The Balaban J connectivity index is 1.17. The maximum atomic E-state index is 11.9. The fourth-order valence-electron chi connectivity index (χ4n) is 4.78. The highest BCUT2D eigenvalue weighted by Crippen LogP contribution is 2.31. The molecule has 7 heteroatoms. The summed E-state index contributed by atoms with van der Waals surface area (Å²) in [6.45, 7) is 5.72. The summed E-state index contributed by atoms with van der Waals surface area (Å²) in [5.74, 6) is 0.788. The van der Waals surface area contributed by atoms with Gasteiger partial charge in [0.05, 0.1) is 7.11 Å². The molecule has 0 atom stereocenters. The van der Waals surface area contributed by atoms with Crippen molar-refractivity contribution in [1.29, 1.82) is 0 Å². The molecule has 1 saturated heterocycles. The number of rotatable bonds is 6. The number of nitrogens with one attached hydrogen (secondary N) is 1. The Bertz CT molecular complexity index is 825. The topological polar surface area (TPSA) is 48.1 Å². The smallest absolute Gasteiger partial charge is 0.341 e. The second kappa shape index (κ2) is 9.98. The number of hydrogen-bond donors (Lipinski definition) is 1. The van der Waals surface area contributed by atoms with Crippen LogP contribution < -0.4 is 10.2 Å². The Kier molecular flexibility index (Phi) is 7.12. The summed E-state index contributed by atoms with van der Waals surface area (Å²) < 4.78 is 1.38. The van der Waals surface area contributed by atoms with E-state index in [-0.39, 0.29) is 12.1 Å². The Labute approximate surface area is 183 Å². The molecular weight excluding hydrogens is 396 g/mol. The van der Waals surface area contributed by atoms with E-state index < -0.39 is 0 Å². The van der Waals surface area contributed by atoms with E-state index in [2.05, 4.69) is 44.8 Å². The summed E-state index contributed by atoms with van der Waals surface area (Å²) in [7, 11) is 3.15. The van der Waals surface area contributed by atoms with Gasteiger partial charge in [-0.1, -0.05) is 6.07 Å². The van der Waals surface area contributed by atoms with Crippen LogP contribution >= 0.6 is 11.3 Å². The van der Waals surface area contributed by atoms with Crippen LogP contribution in [0.15, 0.2) is 29.6 Å². The van der Waals surface area contributed by atoms with Crippen molar-refractivity contribution >= 4 is 33.1 Å². The molecule has 0 radical (unpaired) electrons. The summed E-state index contributed by atoms with van der Waals surface area (Å²) in [6, 6.07) is 9.08. The van der Waals surface area contributed by atoms with Gasteiger partial charge in [0, 0.05) is 55.0 Å². The first-order valence-electron chi connectivity index (χ1n) is 11.2. The molecule has 2 aliphatic rings. The molecule has 1 N–H and O–H groups in total. The third kappa shape index (κ3) is 5.07. The van der Waals surface area contributed by atoms with Crippen molar-refractivity contribution in [1.82, 2.24) is 15.3 Å². The van der Waals surface area contributed by atoms with Gasteiger partial charge in [-0.25, -0.2) is 9.86 Å². The number of hydroxylamine groups is 2. The van der Waals surface area contributed by atoms with Crippen molar-refractivity contribution in [2.75, 3.05) is 51.8 Å². The number of carbonyl (C=O) groups excluding carboxylic acids is 1. The second-order valence-corrected chi connectivity index (χ2v) is 9.52. The van der Waals surface area contributed by atoms with E-state index in [1.807, 2.05) is 11.3 Å². The molecule has 1 aliphatic carbocycles. The number of thiophene rings is 1. The molecule has 0 bridgehead atoms. The largest absolute Gasteiger partial charge is 0.368 e. The van der Waals surface area contributed by atoms with Gasteiger partial charge in [0.2, 0.25) is 0 Å². The van der Waals surface area contributed by atoms with Gasteiger partial charge in [-0.05, 0) is 68.1 Å². The van der Waals surface area contributed by atoms with Gasteiger partial charge in [-0.3, -0.25) is 9.74 Å². The number of fused-ring (bicyclic) bond motifs is 1. The number of anilines is 1. The quantitative estimate of drug-likeness (QED) is 0.699. The summed E-state index contributed by atoms with van der Waals surface area (Å²) in [5, 5.41) is 7.92. The average molecular weight is 431 g/mol. The third-order valence-corrected chi connectivity index (χ3v) is 7.66. The number of hydrogen-bond acceptors (Lipinski definition) is 5. The second-order valence-electron chi connectivity index (χ2n) is 8.57. The van der Waals surface area contributed by atoms with Crippen LogP contribution in [0.2, 0.25) is 0 Å². The van der Waals surface area contributed by atoms with Crippen molar-refractivity contribution in [2.45, 2.75) is 38.1 Å². The number of urea groups is 1. The SMILES string of the molecule is CON(C)C(=O)N[C@H]1CC[C@H](CCN2CCN(c3cccc4sccc34)CC2)CC1. The molecule has 164 valence electrons. The zero-order valence-electron chi connectivity index (χ0n) is 18.2. The highest BCUT2D eigenvalue weighted by Gasteiger charge is 2.25. The number of amides is 2.